The zero-order chi connectivity index (χ0) is 22.3. The van der Waals surface area contributed by atoms with Crippen molar-refractivity contribution in [1.82, 2.24) is 18.9 Å². The Labute approximate surface area is 178 Å². The first-order chi connectivity index (χ1) is 14.4. The van der Waals surface area contributed by atoms with Gasteiger partial charge in [-0.15, -0.1) is 0 Å². The number of aliphatic hydroxyl groups is 2. The van der Waals surface area contributed by atoms with Crippen LogP contribution in [0.3, 0.4) is 0 Å². The highest BCUT2D eigenvalue weighted by Gasteiger charge is 2.19. The highest BCUT2D eigenvalue weighted by Crippen LogP contribution is 2.09. The van der Waals surface area contributed by atoms with Crippen LogP contribution in [-0.4, -0.2) is 80.6 Å². The molecule has 1 aromatic carbocycles. The van der Waals surface area contributed by atoms with Gasteiger partial charge in [0.25, 0.3) is 5.56 Å². The van der Waals surface area contributed by atoms with Crippen molar-refractivity contribution < 1.29 is 10.2 Å². The van der Waals surface area contributed by atoms with Gasteiger partial charge in [0.05, 0.1) is 36.2 Å². The van der Waals surface area contributed by atoms with E-state index in [1.165, 1.54) is 4.57 Å². The lowest BCUT2D eigenvalue weighted by Gasteiger charge is -2.24. The molecule has 168 valence electrons. The van der Waals surface area contributed by atoms with Crippen LogP contribution in [0, 0.1) is 0 Å². The molecule has 2 aromatic rings. The van der Waals surface area contributed by atoms with Crippen LogP contribution in [0.1, 0.15) is 27.7 Å². The maximum atomic E-state index is 13.2. The molecule has 2 N–H and O–H groups in total. The summed E-state index contributed by atoms with van der Waals surface area (Å²) in [5.74, 6) is 0. The van der Waals surface area contributed by atoms with Crippen LogP contribution < -0.4 is 11.2 Å². The van der Waals surface area contributed by atoms with Gasteiger partial charge in [-0.05, 0) is 38.3 Å². The number of hydrogen-bond acceptors (Lipinski definition) is 6. The van der Waals surface area contributed by atoms with Gasteiger partial charge in [0.15, 0.2) is 0 Å². The molecule has 0 bridgehead atoms. The highest BCUT2D eigenvalue weighted by molar-refractivity contribution is 5.77. The monoisotopic (exact) mass is 420 g/mol. The van der Waals surface area contributed by atoms with Gasteiger partial charge in [0.1, 0.15) is 0 Å². The molecule has 0 unspecified atom stereocenters. The Hall–Kier alpha value is -2.00. The molecule has 2 rings (SSSR count). The molecule has 0 saturated heterocycles. The first kappa shape index (κ1) is 24.3. The standard InChI is InChI=1S/C22H36N4O4/c1-5-23(6-2)13-17(27)15-25-20-12-10-9-11-19(20)21(29)26(22(25)30)16-18(28)14-24(7-3)8-4/h9-12,17-18,27-28H,5-8,13-16H2,1-4H3/t17-,18-/m0/s1. The molecule has 0 fully saturated rings. The van der Waals surface area contributed by atoms with Gasteiger partial charge >= 0.3 is 5.69 Å². The summed E-state index contributed by atoms with van der Waals surface area (Å²) in [5.41, 5.74) is -0.417. The predicted octanol–water partition coefficient (Wildman–Crippen LogP) is 0.569. The second-order valence-corrected chi connectivity index (χ2v) is 7.61. The highest BCUT2D eigenvalue weighted by atomic mass is 16.3. The number of aromatic nitrogens is 2. The van der Waals surface area contributed by atoms with E-state index >= 15 is 0 Å². The van der Waals surface area contributed by atoms with E-state index in [9.17, 15) is 19.8 Å². The van der Waals surface area contributed by atoms with Crippen molar-refractivity contribution in [3.63, 3.8) is 0 Å². The number of fused-ring (bicyclic) bond motifs is 1. The van der Waals surface area contributed by atoms with Gasteiger partial charge in [0, 0.05) is 13.1 Å². The average molecular weight is 421 g/mol. The molecule has 0 spiro atoms. The second kappa shape index (κ2) is 11.4. The third-order valence-corrected chi connectivity index (χ3v) is 5.65. The maximum absolute atomic E-state index is 13.2. The molecule has 2 atom stereocenters. The summed E-state index contributed by atoms with van der Waals surface area (Å²) < 4.78 is 2.55. The molecule has 0 saturated carbocycles. The zero-order valence-corrected chi connectivity index (χ0v) is 18.6. The molecule has 30 heavy (non-hydrogen) atoms. The molecular formula is C22H36N4O4. The van der Waals surface area contributed by atoms with Crippen molar-refractivity contribution in [3.8, 4) is 0 Å². The topological polar surface area (TPSA) is 90.9 Å². The minimum Gasteiger partial charge on any atom is -0.390 e. The van der Waals surface area contributed by atoms with Crippen LogP contribution in [0.2, 0.25) is 0 Å². The van der Waals surface area contributed by atoms with Crippen LogP contribution in [-0.2, 0) is 13.1 Å². The van der Waals surface area contributed by atoms with Crippen LogP contribution in [0.5, 0.6) is 0 Å². The number of nitrogens with zero attached hydrogens (tertiary/aromatic N) is 4. The Morgan fingerprint density at radius 3 is 1.77 bits per heavy atom. The van der Waals surface area contributed by atoms with Crippen LogP contribution in [0.15, 0.2) is 33.9 Å². The minimum atomic E-state index is -0.842. The largest absolute Gasteiger partial charge is 0.390 e. The third kappa shape index (κ3) is 5.78. The average Bonchev–Trinajstić information content (AvgIpc) is 2.76. The summed E-state index contributed by atoms with van der Waals surface area (Å²) in [4.78, 5) is 30.3. The SMILES string of the molecule is CCN(CC)C[C@H](O)Cn1c(=O)c2ccccc2n(C[C@@H](O)CN(CC)CC)c1=O. The quantitative estimate of drug-likeness (QED) is 0.522. The number of likely N-dealkylation sites (N-methyl/N-ethyl adjacent to an activating group) is 2. The molecular weight excluding hydrogens is 384 g/mol. The zero-order valence-electron chi connectivity index (χ0n) is 18.6. The molecule has 1 aromatic heterocycles. The Kier molecular flexibility index (Phi) is 9.23. The molecule has 0 aliphatic rings. The van der Waals surface area contributed by atoms with Crippen molar-refractivity contribution in [2.75, 3.05) is 39.3 Å². The minimum absolute atomic E-state index is 0.0782. The van der Waals surface area contributed by atoms with E-state index in [-0.39, 0.29) is 13.1 Å². The van der Waals surface area contributed by atoms with Gasteiger partial charge in [-0.25, -0.2) is 4.79 Å². The number of rotatable bonds is 12. The summed E-state index contributed by atoms with van der Waals surface area (Å²) >= 11 is 0. The maximum Gasteiger partial charge on any atom is 0.331 e. The number of aliphatic hydroxyl groups excluding tert-OH is 2. The van der Waals surface area contributed by atoms with E-state index in [2.05, 4.69) is 4.90 Å². The van der Waals surface area contributed by atoms with E-state index < -0.39 is 23.5 Å². The lowest BCUT2D eigenvalue weighted by atomic mass is 10.2. The van der Waals surface area contributed by atoms with Crippen molar-refractivity contribution in [1.29, 1.82) is 0 Å². The number of benzene rings is 1. The van der Waals surface area contributed by atoms with Gasteiger partial charge in [-0.3, -0.25) is 13.9 Å². The van der Waals surface area contributed by atoms with E-state index in [0.29, 0.717) is 24.0 Å². The normalized spacial score (nSPS) is 14.0. The Morgan fingerprint density at radius 1 is 0.800 bits per heavy atom. The lowest BCUT2D eigenvalue weighted by Crippen LogP contribution is -2.46. The van der Waals surface area contributed by atoms with Crippen molar-refractivity contribution in [2.24, 2.45) is 0 Å². The summed E-state index contributed by atoms with van der Waals surface area (Å²) in [6.45, 7) is 12.1. The first-order valence-electron chi connectivity index (χ1n) is 10.9. The van der Waals surface area contributed by atoms with E-state index in [1.54, 1.807) is 24.3 Å². The van der Waals surface area contributed by atoms with E-state index in [0.717, 1.165) is 30.7 Å². The van der Waals surface area contributed by atoms with Gasteiger partial charge < -0.3 is 20.0 Å². The molecule has 8 heteroatoms. The van der Waals surface area contributed by atoms with Crippen LogP contribution in [0.4, 0.5) is 0 Å². The predicted molar refractivity (Wildman–Crippen MR) is 120 cm³/mol. The van der Waals surface area contributed by atoms with Crippen molar-refractivity contribution in [3.05, 3.63) is 45.1 Å². The fraction of sp³-hybridized carbons (Fsp3) is 0.636. The molecule has 0 radical (unpaired) electrons. The van der Waals surface area contributed by atoms with Gasteiger partial charge in [-0.2, -0.15) is 0 Å². The fourth-order valence-electron chi connectivity index (χ4n) is 3.80. The Bertz CT molecular complexity index is 915. The summed E-state index contributed by atoms with van der Waals surface area (Å²) in [6.07, 6.45) is -1.59. The van der Waals surface area contributed by atoms with E-state index in [1.807, 2.05) is 32.6 Å². The van der Waals surface area contributed by atoms with Crippen molar-refractivity contribution in [2.45, 2.75) is 53.0 Å². The smallest absolute Gasteiger partial charge is 0.331 e. The summed E-state index contributed by atoms with van der Waals surface area (Å²) in [6, 6.07) is 6.92. The fourth-order valence-corrected chi connectivity index (χ4v) is 3.80. The number of para-hydroxylation sites is 1. The van der Waals surface area contributed by atoms with Crippen LogP contribution >= 0.6 is 0 Å². The van der Waals surface area contributed by atoms with Crippen LogP contribution in [0.25, 0.3) is 10.9 Å². The second-order valence-electron chi connectivity index (χ2n) is 7.61. The Morgan fingerprint density at radius 2 is 1.27 bits per heavy atom. The van der Waals surface area contributed by atoms with Gasteiger partial charge in [-0.1, -0.05) is 39.8 Å². The van der Waals surface area contributed by atoms with E-state index in [4.69, 9.17) is 0 Å². The summed E-state index contributed by atoms with van der Waals surface area (Å²) in [5, 5.41) is 21.5. The molecule has 8 nitrogen and oxygen atoms in total. The molecule has 1 heterocycles. The first-order valence-corrected chi connectivity index (χ1v) is 10.9. The summed E-state index contributed by atoms with van der Waals surface area (Å²) in [7, 11) is 0. The number of hydrogen-bond donors (Lipinski definition) is 2. The molecule has 0 amide bonds. The third-order valence-electron chi connectivity index (χ3n) is 5.65. The lowest BCUT2D eigenvalue weighted by molar-refractivity contribution is 0.0958. The Balaban J connectivity index is 2.42. The molecule has 0 aliphatic heterocycles. The molecule has 0 aliphatic carbocycles. The van der Waals surface area contributed by atoms with Gasteiger partial charge in [0.2, 0.25) is 0 Å². The van der Waals surface area contributed by atoms with Crippen molar-refractivity contribution >= 4 is 10.9 Å².